The van der Waals surface area contributed by atoms with Crippen molar-refractivity contribution >= 4 is 28.6 Å². The summed E-state index contributed by atoms with van der Waals surface area (Å²) in [5.74, 6) is 0.700. The molecule has 0 aliphatic carbocycles. The van der Waals surface area contributed by atoms with Crippen molar-refractivity contribution in [3.63, 3.8) is 0 Å². The highest BCUT2D eigenvalue weighted by atomic mass is 35.5. The summed E-state index contributed by atoms with van der Waals surface area (Å²) in [7, 11) is 0. The number of nitrogens with zero attached hydrogens (tertiary/aromatic N) is 5. The molecule has 0 fully saturated rings. The molecule has 1 unspecified atom stereocenters. The predicted octanol–water partition coefficient (Wildman–Crippen LogP) is 3.97. The summed E-state index contributed by atoms with van der Waals surface area (Å²) in [6.45, 7) is 2.70. The minimum Gasteiger partial charge on any atom is -0.365 e. The van der Waals surface area contributed by atoms with Crippen LogP contribution >= 0.6 is 11.6 Å². The Morgan fingerprint density at radius 3 is 2.56 bits per heavy atom. The fourth-order valence-electron chi connectivity index (χ4n) is 3.02. The number of hydrogen-bond acceptors (Lipinski definition) is 5. The topological polar surface area (TPSA) is 68.5 Å². The molecular formula is C20H19ClN6. The summed E-state index contributed by atoms with van der Waals surface area (Å²) < 4.78 is 1.77. The Morgan fingerprint density at radius 2 is 1.78 bits per heavy atom. The molecule has 0 aliphatic heterocycles. The van der Waals surface area contributed by atoms with Gasteiger partial charge in [0.05, 0.1) is 6.54 Å². The Bertz CT molecular complexity index is 1030. The van der Waals surface area contributed by atoms with E-state index in [4.69, 9.17) is 11.6 Å². The summed E-state index contributed by atoms with van der Waals surface area (Å²) in [5.41, 5.74) is 3.73. The molecule has 4 rings (SSSR count). The third-order valence-corrected chi connectivity index (χ3v) is 4.57. The maximum Gasteiger partial charge on any atom is 0.184 e. The highest BCUT2D eigenvalue weighted by Gasteiger charge is 2.14. The van der Waals surface area contributed by atoms with Gasteiger partial charge in [-0.25, -0.2) is 14.6 Å². The van der Waals surface area contributed by atoms with Gasteiger partial charge in [0.25, 0.3) is 0 Å². The number of hydrogen-bond donors (Lipinski definition) is 1. The molecule has 0 spiro atoms. The van der Waals surface area contributed by atoms with Crippen molar-refractivity contribution in [2.24, 2.45) is 0 Å². The van der Waals surface area contributed by atoms with Crippen LogP contribution in [0.3, 0.4) is 0 Å². The second kappa shape index (κ2) is 7.72. The van der Waals surface area contributed by atoms with E-state index in [0.717, 1.165) is 12.0 Å². The van der Waals surface area contributed by atoms with E-state index in [0.29, 0.717) is 28.5 Å². The molecule has 1 N–H and O–H groups in total. The van der Waals surface area contributed by atoms with Gasteiger partial charge in [0.1, 0.15) is 6.33 Å². The Kier molecular flexibility index (Phi) is 4.98. The zero-order chi connectivity index (χ0) is 18.6. The van der Waals surface area contributed by atoms with E-state index < -0.39 is 0 Å². The minimum absolute atomic E-state index is 0.201. The summed E-state index contributed by atoms with van der Waals surface area (Å²) in [4.78, 5) is 8.73. The minimum atomic E-state index is 0.201. The van der Waals surface area contributed by atoms with Crippen LogP contribution in [-0.4, -0.2) is 31.0 Å². The number of benzene rings is 2. The third-order valence-electron chi connectivity index (χ3n) is 4.31. The highest BCUT2D eigenvalue weighted by Crippen LogP contribution is 2.19. The molecule has 4 aromatic rings. The van der Waals surface area contributed by atoms with Crippen LogP contribution in [0.25, 0.3) is 11.2 Å². The lowest BCUT2D eigenvalue weighted by atomic mass is 10.1. The SMILES string of the molecule is CC(Cc1ccccc1)Nc1ncnc2c1nnn2Cc1ccc(Cl)cc1. The molecule has 0 saturated heterocycles. The second-order valence-corrected chi connectivity index (χ2v) is 6.94. The average molecular weight is 379 g/mol. The van der Waals surface area contributed by atoms with Gasteiger partial charge in [-0.05, 0) is 36.6 Å². The molecule has 0 amide bonds. The molecule has 0 bridgehead atoms. The van der Waals surface area contributed by atoms with Gasteiger partial charge < -0.3 is 5.32 Å². The van der Waals surface area contributed by atoms with Crippen LogP contribution in [-0.2, 0) is 13.0 Å². The van der Waals surface area contributed by atoms with Crippen molar-refractivity contribution in [3.8, 4) is 0 Å². The number of anilines is 1. The fraction of sp³-hybridized carbons (Fsp3) is 0.200. The number of rotatable bonds is 6. The lowest BCUT2D eigenvalue weighted by Crippen LogP contribution is -2.19. The van der Waals surface area contributed by atoms with E-state index >= 15 is 0 Å². The van der Waals surface area contributed by atoms with Crippen molar-refractivity contribution < 1.29 is 0 Å². The van der Waals surface area contributed by atoms with E-state index in [-0.39, 0.29) is 6.04 Å². The number of nitrogens with one attached hydrogen (secondary N) is 1. The van der Waals surface area contributed by atoms with E-state index in [1.165, 1.54) is 5.56 Å². The lowest BCUT2D eigenvalue weighted by Gasteiger charge is -2.14. The maximum atomic E-state index is 5.95. The van der Waals surface area contributed by atoms with E-state index in [1.54, 1.807) is 11.0 Å². The number of aromatic nitrogens is 5. The first-order valence-corrected chi connectivity index (χ1v) is 9.16. The Balaban J connectivity index is 1.54. The zero-order valence-corrected chi connectivity index (χ0v) is 15.6. The number of fused-ring (bicyclic) bond motifs is 1. The molecule has 0 radical (unpaired) electrons. The Morgan fingerprint density at radius 1 is 1.00 bits per heavy atom. The van der Waals surface area contributed by atoms with Crippen LogP contribution in [0.4, 0.5) is 5.82 Å². The molecule has 1 atom stereocenters. The normalized spacial score (nSPS) is 12.2. The molecular weight excluding hydrogens is 360 g/mol. The van der Waals surface area contributed by atoms with Gasteiger partial charge in [0.2, 0.25) is 0 Å². The van der Waals surface area contributed by atoms with Gasteiger partial charge in [0, 0.05) is 11.1 Å². The summed E-state index contributed by atoms with van der Waals surface area (Å²) in [6.07, 6.45) is 2.44. The molecule has 2 aromatic heterocycles. The van der Waals surface area contributed by atoms with Crippen molar-refractivity contribution in [3.05, 3.63) is 77.1 Å². The number of halogens is 1. The van der Waals surface area contributed by atoms with E-state index in [9.17, 15) is 0 Å². The van der Waals surface area contributed by atoms with Crippen LogP contribution in [0.15, 0.2) is 60.9 Å². The second-order valence-electron chi connectivity index (χ2n) is 6.50. The quantitative estimate of drug-likeness (QED) is 0.550. The third kappa shape index (κ3) is 4.06. The zero-order valence-electron chi connectivity index (χ0n) is 14.9. The van der Waals surface area contributed by atoms with Crippen molar-refractivity contribution in [1.82, 2.24) is 25.0 Å². The molecule has 136 valence electrons. The lowest BCUT2D eigenvalue weighted by molar-refractivity contribution is 0.664. The van der Waals surface area contributed by atoms with Crippen molar-refractivity contribution in [2.45, 2.75) is 25.9 Å². The molecule has 0 aliphatic rings. The standard InChI is InChI=1S/C20H19ClN6/c1-14(11-15-5-3-2-4-6-15)24-19-18-20(23-13-22-19)27(26-25-18)12-16-7-9-17(21)10-8-16/h2-10,13-14H,11-12H2,1H3,(H,22,23,24). The maximum absolute atomic E-state index is 5.95. The van der Waals surface area contributed by atoms with Crippen LogP contribution in [0.5, 0.6) is 0 Å². The van der Waals surface area contributed by atoms with Gasteiger partial charge in [-0.3, -0.25) is 0 Å². The molecule has 0 saturated carbocycles. The molecule has 27 heavy (non-hydrogen) atoms. The first-order chi connectivity index (χ1) is 13.2. The van der Waals surface area contributed by atoms with Gasteiger partial charge in [-0.1, -0.05) is 59.3 Å². The largest absolute Gasteiger partial charge is 0.365 e. The highest BCUT2D eigenvalue weighted by molar-refractivity contribution is 6.30. The van der Waals surface area contributed by atoms with Crippen LogP contribution in [0.1, 0.15) is 18.1 Å². The first-order valence-electron chi connectivity index (χ1n) is 8.78. The summed E-state index contributed by atoms with van der Waals surface area (Å²) in [6, 6.07) is 18.2. The van der Waals surface area contributed by atoms with Crippen LogP contribution in [0.2, 0.25) is 5.02 Å². The van der Waals surface area contributed by atoms with Crippen molar-refractivity contribution in [1.29, 1.82) is 0 Å². The summed E-state index contributed by atoms with van der Waals surface area (Å²) in [5, 5.41) is 12.7. The molecule has 2 aromatic carbocycles. The molecule has 6 nitrogen and oxygen atoms in total. The first kappa shape index (κ1) is 17.4. The van der Waals surface area contributed by atoms with Crippen LogP contribution in [0, 0.1) is 0 Å². The van der Waals surface area contributed by atoms with E-state index in [1.807, 2.05) is 42.5 Å². The van der Waals surface area contributed by atoms with Crippen LogP contribution < -0.4 is 5.32 Å². The van der Waals surface area contributed by atoms with E-state index in [2.05, 4.69) is 44.7 Å². The van der Waals surface area contributed by atoms with Gasteiger partial charge in [-0.2, -0.15) is 0 Å². The Labute approximate surface area is 162 Å². The Hall–Kier alpha value is -2.99. The average Bonchev–Trinajstić information content (AvgIpc) is 3.08. The van der Waals surface area contributed by atoms with Gasteiger partial charge >= 0.3 is 0 Å². The summed E-state index contributed by atoms with van der Waals surface area (Å²) >= 11 is 5.95. The smallest absolute Gasteiger partial charge is 0.184 e. The monoisotopic (exact) mass is 378 g/mol. The predicted molar refractivity (Wildman–Crippen MR) is 107 cm³/mol. The molecule has 7 heteroatoms. The molecule has 2 heterocycles. The fourth-order valence-corrected chi connectivity index (χ4v) is 3.14. The van der Waals surface area contributed by atoms with Crippen molar-refractivity contribution in [2.75, 3.05) is 5.32 Å². The van der Waals surface area contributed by atoms with Gasteiger partial charge in [-0.15, -0.1) is 5.10 Å². The van der Waals surface area contributed by atoms with Gasteiger partial charge in [0.15, 0.2) is 17.0 Å².